The molecular formula is C28H29ClN2O2S. The molecule has 0 saturated carbocycles. The van der Waals surface area contributed by atoms with Crippen LogP contribution in [0.25, 0.3) is 0 Å². The second-order valence-electron chi connectivity index (χ2n) is 8.92. The summed E-state index contributed by atoms with van der Waals surface area (Å²) in [6, 6.07) is 19.4. The summed E-state index contributed by atoms with van der Waals surface area (Å²) in [7, 11) is 0. The van der Waals surface area contributed by atoms with Gasteiger partial charge >= 0.3 is 0 Å². The molecule has 0 radical (unpaired) electrons. The number of hydrogen-bond donors (Lipinski definition) is 1. The number of nitrogens with zero attached hydrogens (tertiary/aromatic N) is 1. The molecule has 0 spiro atoms. The molecule has 3 aromatic rings. The fourth-order valence-electron chi connectivity index (χ4n) is 4.29. The number of thioether (sulfide) groups is 1. The predicted molar refractivity (Wildman–Crippen MR) is 140 cm³/mol. The Morgan fingerprint density at radius 2 is 1.68 bits per heavy atom. The van der Waals surface area contributed by atoms with E-state index in [1.807, 2.05) is 60.4 Å². The van der Waals surface area contributed by atoms with Crippen molar-refractivity contribution in [2.75, 3.05) is 5.75 Å². The minimum atomic E-state index is -0.107. The highest BCUT2D eigenvalue weighted by molar-refractivity contribution is 8.00. The molecule has 1 saturated heterocycles. The summed E-state index contributed by atoms with van der Waals surface area (Å²) in [4.78, 5) is 27.3. The molecule has 3 aromatic carbocycles. The van der Waals surface area contributed by atoms with E-state index in [1.54, 1.807) is 11.8 Å². The molecule has 1 aliphatic rings. The van der Waals surface area contributed by atoms with Gasteiger partial charge in [-0.1, -0.05) is 48.0 Å². The third kappa shape index (κ3) is 5.31. The molecule has 0 aliphatic carbocycles. The van der Waals surface area contributed by atoms with E-state index < -0.39 is 0 Å². The predicted octanol–water partition coefficient (Wildman–Crippen LogP) is 6.53. The molecule has 2 atom stereocenters. The van der Waals surface area contributed by atoms with E-state index in [9.17, 15) is 9.59 Å². The van der Waals surface area contributed by atoms with E-state index in [1.165, 1.54) is 16.7 Å². The molecule has 176 valence electrons. The summed E-state index contributed by atoms with van der Waals surface area (Å²) in [5.41, 5.74) is 7.44. The second-order valence-corrected chi connectivity index (χ2v) is 10.4. The first-order valence-corrected chi connectivity index (χ1v) is 12.8. The van der Waals surface area contributed by atoms with Gasteiger partial charge in [0.15, 0.2) is 0 Å². The Morgan fingerprint density at radius 3 is 2.35 bits per heavy atom. The van der Waals surface area contributed by atoms with Crippen LogP contribution in [0.4, 0.5) is 0 Å². The molecular weight excluding hydrogens is 464 g/mol. The Hall–Kier alpha value is -2.76. The van der Waals surface area contributed by atoms with Gasteiger partial charge in [-0.25, -0.2) is 0 Å². The molecule has 1 heterocycles. The summed E-state index contributed by atoms with van der Waals surface area (Å²) in [5, 5.41) is 3.73. The topological polar surface area (TPSA) is 49.4 Å². The molecule has 4 nitrogen and oxygen atoms in total. The SMILES string of the molecule is Cc1cc(C)c([C@H](C)NC(=O)c2ccc([C@H]3SCC(=O)N3Cc3ccc(Cl)cc3)cc2)cc1C. The molecule has 0 bridgehead atoms. The van der Waals surface area contributed by atoms with Crippen LogP contribution in [-0.4, -0.2) is 22.5 Å². The van der Waals surface area contributed by atoms with Crippen LogP contribution in [0.3, 0.4) is 0 Å². The van der Waals surface area contributed by atoms with E-state index in [4.69, 9.17) is 11.6 Å². The Bertz CT molecular complexity index is 1210. The molecule has 1 aliphatic heterocycles. The Balaban J connectivity index is 1.45. The zero-order valence-corrected chi connectivity index (χ0v) is 21.5. The number of benzene rings is 3. The number of carbonyl (C=O) groups excluding carboxylic acids is 2. The quantitative estimate of drug-likeness (QED) is 0.425. The van der Waals surface area contributed by atoms with E-state index in [0.717, 1.165) is 16.7 Å². The smallest absolute Gasteiger partial charge is 0.251 e. The summed E-state index contributed by atoms with van der Waals surface area (Å²) in [5.74, 6) is 0.460. The van der Waals surface area contributed by atoms with Crippen molar-refractivity contribution in [3.8, 4) is 0 Å². The van der Waals surface area contributed by atoms with Gasteiger partial charge in [0.25, 0.3) is 5.91 Å². The normalized spacial score (nSPS) is 16.6. The van der Waals surface area contributed by atoms with Gasteiger partial charge < -0.3 is 10.2 Å². The van der Waals surface area contributed by atoms with Crippen LogP contribution in [0.2, 0.25) is 5.02 Å². The first-order chi connectivity index (χ1) is 16.2. The monoisotopic (exact) mass is 492 g/mol. The van der Waals surface area contributed by atoms with E-state index in [-0.39, 0.29) is 23.2 Å². The Kier molecular flexibility index (Phi) is 7.34. The van der Waals surface area contributed by atoms with Gasteiger partial charge in [0.05, 0.1) is 11.8 Å². The van der Waals surface area contributed by atoms with Crippen molar-refractivity contribution < 1.29 is 9.59 Å². The van der Waals surface area contributed by atoms with Gasteiger partial charge in [-0.05, 0) is 85.3 Å². The maximum absolute atomic E-state index is 12.9. The molecule has 0 unspecified atom stereocenters. The fourth-order valence-corrected chi connectivity index (χ4v) is 5.61. The van der Waals surface area contributed by atoms with Crippen molar-refractivity contribution in [3.63, 3.8) is 0 Å². The lowest BCUT2D eigenvalue weighted by Crippen LogP contribution is -2.28. The van der Waals surface area contributed by atoms with E-state index in [0.29, 0.717) is 22.9 Å². The molecule has 34 heavy (non-hydrogen) atoms. The summed E-state index contributed by atoms with van der Waals surface area (Å²) >= 11 is 7.60. The number of rotatable bonds is 6. The number of carbonyl (C=O) groups is 2. The molecule has 1 N–H and O–H groups in total. The van der Waals surface area contributed by atoms with E-state index in [2.05, 4.69) is 38.2 Å². The van der Waals surface area contributed by atoms with Crippen LogP contribution in [0.15, 0.2) is 60.7 Å². The van der Waals surface area contributed by atoms with Crippen LogP contribution in [0.5, 0.6) is 0 Å². The van der Waals surface area contributed by atoms with Gasteiger partial charge in [0.1, 0.15) is 5.37 Å². The van der Waals surface area contributed by atoms with Gasteiger partial charge in [-0.3, -0.25) is 9.59 Å². The van der Waals surface area contributed by atoms with Crippen molar-refractivity contribution in [3.05, 3.63) is 105 Å². The average Bonchev–Trinajstić information content (AvgIpc) is 3.17. The van der Waals surface area contributed by atoms with Crippen molar-refractivity contribution in [2.24, 2.45) is 0 Å². The van der Waals surface area contributed by atoms with Gasteiger partial charge in [-0.15, -0.1) is 11.8 Å². The van der Waals surface area contributed by atoms with Crippen LogP contribution >= 0.6 is 23.4 Å². The fraction of sp³-hybridized carbons (Fsp3) is 0.286. The van der Waals surface area contributed by atoms with Crippen molar-refractivity contribution in [1.29, 1.82) is 0 Å². The maximum atomic E-state index is 12.9. The largest absolute Gasteiger partial charge is 0.346 e. The van der Waals surface area contributed by atoms with Crippen LogP contribution in [-0.2, 0) is 11.3 Å². The Labute approximate surface area is 210 Å². The highest BCUT2D eigenvalue weighted by atomic mass is 35.5. The summed E-state index contributed by atoms with van der Waals surface area (Å²) in [6.45, 7) is 8.81. The third-order valence-electron chi connectivity index (χ3n) is 6.39. The van der Waals surface area contributed by atoms with Crippen LogP contribution in [0, 0.1) is 20.8 Å². The molecule has 2 amide bonds. The van der Waals surface area contributed by atoms with Crippen molar-refractivity contribution in [2.45, 2.75) is 45.7 Å². The highest BCUT2D eigenvalue weighted by Gasteiger charge is 2.32. The van der Waals surface area contributed by atoms with Crippen LogP contribution in [0.1, 0.15) is 62.1 Å². The minimum Gasteiger partial charge on any atom is -0.346 e. The van der Waals surface area contributed by atoms with Gasteiger partial charge in [0.2, 0.25) is 5.91 Å². The lowest BCUT2D eigenvalue weighted by molar-refractivity contribution is -0.128. The zero-order chi connectivity index (χ0) is 24.4. The number of nitrogens with one attached hydrogen (secondary N) is 1. The molecule has 1 fully saturated rings. The lowest BCUT2D eigenvalue weighted by atomic mass is 9.96. The minimum absolute atomic E-state index is 0.0719. The number of halogens is 1. The first kappa shape index (κ1) is 24.4. The van der Waals surface area contributed by atoms with Gasteiger partial charge in [-0.2, -0.15) is 0 Å². The zero-order valence-electron chi connectivity index (χ0n) is 19.9. The third-order valence-corrected chi connectivity index (χ3v) is 7.90. The number of hydrogen-bond acceptors (Lipinski definition) is 3. The first-order valence-electron chi connectivity index (χ1n) is 11.4. The average molecular weight is 493 g/mol. The van der Waals surface area contributed by atoms with Crippen molar-refractivity contribution in [1.82, 2.24) is 10.2 Å². The summed E-state index contributed by atoms with van der Waals surface area (Å²) < 4.78 is 0. The van der Waals surface area contributed by atoms with E-state index >= 15 is 0 Å². The highest BCUT2D eigenvalue weighted by Crippen LogP contribution is 2.39. The molecule has 0 aromatic heterocycles. The Morgan fingerprint density at radius 1 is 1.03 bits per heavy atom. The molecule has 4 rings (SSSR count). The standard InChI is InChI=1S/C28H29ClN2O2S/c1-17-13-19(3)25(14-18(17)2)20(4)30-27(33)22-7-9-23(10-8-22)28-31(26(32)16-34-28)15-21-5-11-24(29)12-6-21/h5-14,20,28H,15-16H2,1-4H3,(H,30,33)/t20-,28+/m0/s1. The molecule has 6 heteroatoms. The second kappa shape index (κ2) is 10.2. The lowest BCUT2D eigenvalue weighted by Gasteiger charge is -2.24. The van der Waals surface area contributed by atoms with Crippen LogP contribution < -0.4 is 5.32 Å². The van der Waals surface area contributed by atoms with Crippen molar-refractivity contribution >= 4 is 35.2 Å². The summed E-state index contributed by atoms with van der Waals surface area (Å²) in [6.07, 6.45) is 0. The maximum Gasteiger partial charge on any atom is 0.251 e. The van der Waals surface area contributed by atoms with Gasteiger partial charge in [0, 0.05) is 17.1 Å². The number of amides is 2. The number of aryl methyl sites for hydroxylation is 3.